The molecular weight excluding hydrogens is 344 g/mol. The van der Waals surface area contributed by atoms with Crippen molar-refractivity contribution in [2.24, 2.45) is 0 Å². The summed E-state index contributed by atoms with van der Waals surface area (Å²) in [5.74, 6) is -0.579. The quantitative estimate of drug-likeness (QED) is 0.813. The van der Waals surface area contributed by atoms with E-state index in [9.17, 15) is 14.4 Å². The summed E-state index contributed by atoms with van der Waals surface area (Å²) in [7, 11) is 0. The Labute approximate surface area is 157 Å². The van der Waals surface area contributed by atoms with Crippen LogP contribution in [0.2, 0.25) is 0 Å². The van der Waals surface area contributed by atoms with Crippen LogP contribution in [0, 0.1) is 0 Å². The molecule has 27 heavy (non-hydrogen) atoms. The van der Waals surface area contributed by atoms with Crippen molar-refractivity contribution in [3.63, 3.8) is 0 Å². The minimum absolute atomic E-state index is 0.130. The van der Waals surface area contributed by atoms with Crippen LogP contribution in [-0.4, -0.2) is 40.3 Å². The maximum atomic E-state index is 13.1. The van der Waals surface area contributed by atoms with Crippen molar-refractivity contribution in [3.8, 4) is 0 Å². The number of imide groups is 1. The van der Waals surface area contributed by atoms with Gasteiger partial charge >= 0.3 is 6.03 Å². The van der Waals surface area contributed by atoms with Crippen LogP contribution in [-0.2, 0) is 22.6 Å². The summed E-state index contributed by atoms with van der Waals surface area (Å²) >= 11 is 0. The molecule has 7 nitrogen and oxygen atoms in total. The van der Waals surface area contributed by atoms with Crippen molar-refractivity contribution < 1.29 is 14.4 Å². The number of pyridine rings is 1. The normalized spacial score (nSPS) is 16.8. The lowest BCUT2D eigenvalue weighted by molar-refractivity contribution is -0.134. The molecule has 1 aliphatic rings. The fourth-order valence-corrected chi connectivity index (χ4v) is 3.00. The lowest BCUT2D eigenvalue weighted by Crippen LogP contribution is -2.50. The second-order valence-corrected chi connectivity index (χ2v) is 6.43. The zero-order chi connectivity index (χ0) is 19.1. The van der Waals surface area contributed by atoms with Gasteiger partial charge in [0, 0.05) is 19.2 Å². The molecule has 1 aromatic carbocycles. The molecule has 4 amide bonds. The molecule has 2 aromatic rings. The highest BCUT2D eigenvalue weighted by Crippen LogP contribution is 2.11. The van der Waals surface area contributed by atoms with Gasteiger partial charge in [-0.15, -0.1) is 0 Å². The monoisotopic (exact) mass is 366 g/mol. The first-order valence-corrected chi connectivity index (χ1v) is 8.95. The van der Waals surface area contributed by atoms with E-state index in [0.717, 1.165) is 11.3 Å². The fourth-order valence-electron chi connectivity index (χ4n) is 3.00. The Morgan fingerprint density at radius 2 is 1.89 bits per heavy atom. The van der Waals surface area contributed by atoms with Gasteiger partial charge in [-0.05, 0) is 30.5 Å². The summed E-state index contributed by atoms with van der Waals surface area (Å²) in [6.07, 6.45) is 2.79. The van der Waals surface area contributed by atoms with E-state index in [-0.39, 0.29) is 24.7 Å². The van der Waals surface area contributed by atoms with Crippen molar-refractivity contribution >= 4 is 17.8 Å². The molecule has 1 saturated heterocycles. The number of benzene rings is 1. The lowest BCUT2D eigenvalue weighted by Gasteiger charge is -2.27. The van der Waals surface area contributed by atoms with Crippen LogP contribution in [0.4, 0.5) is 4.79 Å². The number of amides is 4. The van der Waals surface area contributed by atoms with E-state index in [1.54, 1.807) is 11.1 Å². The topological polar surface area (TPSA) is 91.4 Å². The number of carbonyl (C=O) groups is 3. The van der Waals surface area contributed by atoms with Gasteiger partial charge in [-0.1, -0.05) is 36.4 Å². The average molecular weight is 366 g/mol. The Kier molecular flexibility index (Phi) is 6.14. The summed E-state index contributed by atoms with van der Waals surface area (Å²) in [6.45, 7) is 0.841. The molecule has 2 N–H and O–H groups in total. The molecule has 2 heterocycles. The van der Waals surface area contributed by atoms with Crippen molar-refractivity contribution in [3.05, 3.63) is 66.0 Å². The predicted octanol–water partition coefficient (Wildman–Crippen LogP) is 1.64. The average Bonchev–Trinajstić information content (AvgIpc) is 2.86. The Morgan fingerprint density at radius 3 is 2.63 bits per heavy atom. The second-order valence-electron chi connectivity index (χ2n) is 6.43. The molecule has 1 aromatic heterocycles. The van der Waals surface area contributed by atoms with Crippen molar-refractivity contribution in [1.82, 2.24) is 20.5 Å². The first kappa shape index (κ1) is 18.6. The molecule has 1 fully saturated rings. The van der Waals surface area contributed by atoms with Crippen molar-refractivity contribution in [2.75, 3.05) is 6.54 Å². The Bertz CT molecular complexity index is 795. The van der Waals surface area contributed by atoms with E-state index in [2.05, 4.69) is 15.6 Å². The molecule has 0 unspecified atom stereocenters. The third kappa shape index (κ3) is 5.37. The van der Waals surface area contributed by atoms with Crippen LogP contribution >= 0.6 is 0 Å². The van der Waals surface area contributed by atoms with Gasteiger partial charge in [-0.25, -0.2) is 4.79 Å². The van der Waals surface area contributed by atoms with Gasteiger partial charge in [0.15, 0.2) is 0 Å². The maximum absolute atomic E-state index is 13.1. The van der Waals surface area contributed by atoms with Gasteiger partial charge in [0.1, 0.15) is 6.04 Å². The first-order valence-electron chi connectivity index (χ1n) is 8.95. The summed E-state index contributed by atoms with van der Waals surface area (Å²) in [5.41, 5.74) is 1.89. The summed E-state index contributed by atoms with van der Waals surface area (Å²) in [6, 6.07) is 14.1. The minimum Gasteiger partial charge on any atom is -0.335 e. The number of urea groups is 1. The SMILES string of the molecule is O=C1CC[C@H](C(=O)N(CCc2ccccc2)Cc2ccccn2)NC(=O)N1. The van der Waals surface area contributed by atoms with E-state index >= 15 is 0 Å². The van der Waals surface area contributed by atoms with Crippen LogP contribution in [0.3, 0.4) is 0 Å². The second kappa shape index (κ2) is 8.93. The molecule has 0 aliphatic carbocycles. The third-order valence-corrected chi connectivity index (χ3v) is 4.42. The van der Waals surface area contributed by atoms with Crippen molar-refractivity contribution in [1.29, 1.82) is 0 Å². The summed E-state index contributed by atoms with van der Waals surface area (Å²) in [5, 5.41) is 4.79. The molecule has 1 atom stereocenters. The largest absolute Gasteiger partial charge is 0.335 e. The van der Waals surface area contributed by atoms with Gasteiger partial charge in [0.25, 0.3) is 0 Å². The molecular formula is C20H22N4O3. The predicted molar refractivity (Wildman–Crippen MR) is 99.5 cm³/mol. The highest BCUT2D eigenvalue weighted by Gasteiger charge is 2.29. The van der Waals surface area contributed by atoms with Crippen LogP contribution < -0.4 is 10.6 Å². The highest BCUT2D eigenvalue weighted by molar-refractivity contribution is 5.98. The van der Waals surface area contributed by atoms with E-state index in [1.807, 2.05) is 48.5 Å². The molecule has 0 saturated carbocycles. The van der Waals surface area contributed by atoms with Gasteiger partial charge in [-0.2, -0.15) is 0 Å². The van der Waals surface area contributed by atoms with Crippen LogP contribution in [0.25, 0.3) is 0 Å². The number of hydrogen-bond acceptors (Lipinski definition) is 4. The summed E-state index contributed by atoms with van der Waals surface area (Å²) < 4.78 is 0. The Hall–Kier alpha value is -3.22. The zero-order valence-corrected chi connectivity index (χ0v) is 14.9. The van der Waals surface area contributed by atoms with E-state index < -0.39 is 12.1 Å². The maximum Gasteiger partial charge on any atom is 0.322 e. The van der Waals surface area contributed by atoms with Gasteiger partial charge in [-0.3, -0.25) is 19.9 Å². The minimum atomic E-state index is -0.726. The number of aromatic nitrogens is 1. The number of rotatable bonds is 6. The smallest absolute Gasteiger partial charge is 0.322 e. The van der Waals surface area contributed by atoms with E-state index in [4.69, 9.17) is 0 Å². The lowest BCUT2D eigenvalue weighted by atomic mass is 10.1. The first-order chi connectivity index (χ1) is 13.1. The van der Waals surface area contributed by atoms with Crippen molar-refractivity contribution in [2.45, 2.75) is 31.8 Å². The fraction of sp³-hybridized carbons (Fsp3) is 0.300. The van der Waals surface area contributed by atoms with Crippen LogP contribution in [0.15, 0.2) is 54.7 Å². The number of nitrogens with one attached hydrogen (secondary N) is 2. The molecule has 0 radical (unpaired) electrons. The third-order valence-electron chi connectivity index (χ3n) is 4.42. The number of nitrogens with zero attached hydrogens (tertiary/aromatic N) is 2. The molecule has 0 spiro atoms. The van der Waals surface area contributed by atoms with Gasteiger partial charge < -0.3 is 10.2 Å². The van der Waals surface area contributed by atoms with E-state index in [0.29, 0.717) is 19.5 Å². The Balaban J connectivity index is 1.74. The summed E-state index contributed by atoms with van der Waals surface area (Å²) in [4.78, 5) is 42.3. The van der Waals surface area contributed by atoms with Gasteiger partial charge in [0.05, 0.1) is 12.2 Å². The molecule has 0 bridgehead atoms. The van der Waals surface area contributed by atoms with Crippen LogP contribution in [0.5, 0.6) is 0 Å². The molecule has 3 rings (SSSR count). The zero-order valence-electron chi connectivity index (χ0n) is 14.9. The highest BCUT2D eigenvalue weighted by atomic mass is 16.2. The van der Waals surface area contributed by atoms with E-state index in [1.165, 1.54) is 0 Å². The van der Waals surface area contributed by atoms with Gasteiger partial charge in [0.2, 0.25) is 11.8 Å². The molecule has 7 heteroatoms. The number of hydrogen-bond donors (Lipinski definition) is 2. The molecule has 1 aliphatic heterocycles. The number of carbonyl (C=O) groups excluding carboxylic acids is 3. The molecule has 140 valence electrons. The Morgan fingerprint density at radius 1 is 1.11 bits per heavy atom. The standard InChI is InChI=1S/C20H22N4O3/c25-18-10-9-17(22-20(27)23-18)19(26)24(14-16-8-4-5-12-21-16)13-11-15-6-2-1-3-7-15/h1-8,12,17H,9-11,13-14H2,(H2,22,23,25,27)/t17-/m1/s1. The van der Waals surface area contributed by atoms with Crippen LogP contribution in [0.1, 0.15) is 24.1 Å².